The largest absolute Gasteiger partial charge is 0.345 e. The van der Waals surface area contributed by atoms with Crippen molar-refractivity contribution in [3.63, 3.8) is 0 Å². The van der Waals surface area contributed by atoms with E-state index in [1.54, 1.807) is 4.90 Å². The Labute approximate surface area is 134 Å². The standard InChI is InChI=1S/C19H28N2O/c1-20(2)19(22)18-11-4-3-7-17(18)14-21-12-6-10-16(13-21)15-8-5-9-15/h3-4,7,11,15-16H,5-6,8-10,12-14H2,1-2H3. The average molecular weight is 300 g/mol. The summed E-state index contributed by atoms with van der Waals surface area (Å²) in [6.07, 6.45) is 7.02. The van der Waals surface area contributed by atoms with Gasteiger partial charge in [-0.05, 0) is 42.9 Å². The van der Waals surface area contributed by atoms with E-state index in [2.05, 4.69) is 17.0 Å². The number of benzene rings is 1. The van der Waals surface area contributed by atoms with Gasteiger partial charge < -0.3 is 4.90 Å². The van der Waals surface area contributed by atoms with Crippen molar-refractivity contribution in [3.05, 3.63) is 35.4 Å². The first-order valence-electron chi connectivity index (χ1n) is 8.67. The second-order valence-corrected chi connectivity index (χ2v) is 7.19. The summed E-state index contributed by atoms with van der Waals surface area (Å²) in [4.78, 5) is 16.6. The Morgan fingerprint density at radius 1 is 1.14 bits per heavy atom. The zero-order valence-electron chi connectivity index (χ0n) is 13.9. The molecule has 0 aromatic heterocycles. The molecule has 0 N–H and O–H groups in total. The number of carbonyl (C=O) groups excluding carboxylic acids is 1. The van der Waals surface area contributed by atoms with Crippen molar-refractivity contribution < 1.29 is 4.79 Å². The lowest BCUT2D eigenvalue weighted by Gasteiger charge is -2.40. The number of likely N-dealkylation sites (tertiary alicyclic amines) is 1. The highest BCUT2D eigenvalue weighted by atomic mass is 16.2. The summed E-state index contributed by atoms with van der Waals surface area (Å²) >= 11 is 0. The second kappa shape index (κ2) is 6.82. The first kappa shape index (κ1) is 15.5. The van der Waals surface area contributed by atoms with Gasteiger partial charge >= 0.3 is 0 Å². The normalized spacial score (nSPS) is 23.1. The first-order valence-corrected chi connectivity index (χ1v) is 8.67. The molecule has 0 spiro atoms. The van der Waals surface area contributed by atoms with Gasteiger partial charge in [-0.2, -0.15) is 0 Å². The quantitative estimate of drug-likeness (QED) is 0.851. The molecule has 1 unspecified atom stereocenters. The summed E-state index contributed by atoms with van der Waals surface area (Å²) < 4.78 is 0. The Balaban J connectivity index is 1.68. The molecule has 1 saturated heterocycles. The molecule has 1 aromatic carbocycles. The van der Waals surface area contributed by atoms with Gasteiger partial charge in [-0.25, -0.2) is 0 Å². The highest BCUT2D eigenvalue weighted by Crippen LogP contribution is 2.38. The van der Waals surface area contributed by atoms with Gasteiger partial charge in [0.1, 0.15) is 0 Å². The van der Waals surface area contributed by atoms with E-state index in [9.17, 15) is 4.79 Å². The molecule has 1 aromatic rings. The Bertz CT molecular complexity index is 522. The van der Waals surface area contributed by atoms with E-state index in [1.165, 1.54) is 50.8 Å². The zero-order chi connectivity index (χ0) is 15.5. The first-order chi connectivity index (χ1) is 10.6. The van der Waals surface area contributed by atoms with Gasteiger partial charge in [0.25, 0.3) is 5.91 Å². The Morgan fingerprint density at radius 3 is 2.55 bits per heavy atom. The van der Waals surface area contributed by atoms with Crippen LogP contribution >= 0.6 is 0 Å². The van der Waals surface area contributed by atoms with Crippen molar-refractivity contribution in [1.29, 1.82) is 0 Å². The molecule has 0 bridgehead atoms. The van der Waals surface area contributed by atoms with Crippen LogP contribution in [0.15, 0.2) is 24.3 Å². The van der Waals surface area contributed by atoms with Crippen LogP contribution in [-0.4, -0.2) is 42.9 Å². The van der Waals surface area contributed by atoms with Gasteiger partial charge in [-0.1, -0.05) is 37.5 Å². The van der Waals surface area contributed by atoms with Crippen LogP contribution in [0.5, 0.6) is 0 Å². The smallest absolute Gasteiger partial charge is 0.253 e. The van der Waals surface area contributed by atoms with Gasteiger partial charge in [0, 0.05) is 32.7 Å². The molecule has 1 aliphatic heterocycles. The number of carbonyl (C=O) groups is 1. The number of hydrogen-bond acceptors (Lipinski definition) is 2. The molecule has 1 amide bonds. The molecule has 1 saturated carbocycles. The van der Waals surface area contributed by atoms with Crippen molar-refractivity contribution >= 4 is 5.91 Å². The molecule has 3 rings (SSSR count). The van der Waals surface area contributed by atoms with E-state index in [0.717, 1.165) is 23.9 Å². The maximum atomic E-state index is 12.3. The van der Waals surface area contributed by atoms with Gasteiger partial charge in [-0.15, -0.1) is 0 Å². The van der Waals surface area contributed by atoms with E-state index in [-0.39, 0.29) is 5.91 Å². The third-order valence-corrected chi connectivity index (χ3v) is 5.41. The number of amides is 1. The lowest BCUT2D eigenvalue weighted by atomic mass is 9.73. The number of nitrogens with zero attached hydrogens (tertiary/aromatic N) is 2. The van der Waals surface area contributed by atoms with E-state index >= 15 is 0 Å². The van der Waals surface area contributed by atoms with Crippen molar-refractivity contribution in [2.45, 2.75) is 38.6 Å². The van der Waals surface area contributed by atoms with Crippen molar-refractivity contribution in [3.8, 4) is 0 Å². The zero-order valence-corrected chi connectivity index (χ0v) is 13.9. The monoisotopic (exact) mass is 300 g/mol. The molecule has 3 nitrogen and oxygen atoms in total. The molecule has 2 fully saturated rings. The van der Waals surface area contributed by atoms with Crippen LogP contribution < -0.4 is 0 Å². The molecule has 0 radical (unpaired) electrons. The highest BCUT2D eigenvalue weighted by molar-refractivity contribution is 5.95. The fraction of sp³-hybridized carbons (Fsp3) is 0.632. The topological polar surface area (TPSA) is 23.6 Å². The minimum absolute atomic E-state index is 0.114. The van der Waals surface area contributed by atoms with Gasteiger partial charge in [0.15, 0.2) is 0 Å². The predicted octanol–water partition coefficient (Wildman–Crippen LogP) is 3.40. The Hall–Kier alpha value is -1.35. The van der Waals surface area contributed by atoms with Gasteiger partial charge in [-0.3, -0.25) is 9.69 Å². The van der Waals surface area contributed by atoms with Crippen LogP contribution in [0.4, 0.5) is 0 Å². The summed E-state index contributed by atoms with van der Waals surface area (Å²) in [6.45, 7) is 3.31. The van der Waals surface area contributed by atoms with Gasteiger partial charge in [0.05, 0.1) is 0 Å². The van der Waals surface area contributed by atoms with Crippen molar-refractivity contribution in [2.24, 2.45) is 11.8 Å². The highest BCUT2D eigenvalue weighted by Gasteiger charge is 2.31. The predicted molar refractivity (Wildman–Crippen MR) is 89.8 cm³/mol. The van der Waals surface area contributed by atoms with Crippen molar-refractivity contribution in [2.75, 3.05) is 27.2 Å². The number of hydrogen-bond donors (Lipinski definition) is 0. The summed E-state index contributed by atoms with van der Waals surface area (Å²) in [5.74, 6) is 1.98. The van der Waals surface area contributed by atoms with Crippen molar-refractivity contribution in [1.82, 2.24) is 9.80 Å². The number of rotatable bonds is 4. The molecule has 2 aliphatic rings. The van der Waals surface area contributed by atoms with Crippen LogP contribution in [0.3, 0.4) is 0 Å². The maximum absolute atomic E-state index is 12.3. The van der Waals surface area contributed by atoms with E-state index in [0.29, 0.717) is 0 Å². The summed E-state index contributed by atoms with van der Waals surface area (Å²) in [5.41, 5.74) is 2.04. The molecular weight excluding hydrogens is 272 g/mol. The number of piperidine rings is 1. The maximum Gasteiger partial charge on any atom is 0.253 e. The Kier molecular flexibility index (Phi) is 4.82. The minimum Gasteiger partial charge on any atom is -0.345 e. The SMILES string of the molecule is CN(C)C(=O)c1ccccc1CN1CCCC(C2CCC2)C1. The fourth-order valence-electron chi connectivity index (χ4n) is 3.88. The Morgan fingerprint density at radius 2 is 1.86 bits per heavy atom. The lowest BCUT2D eigenvalue weighted by molar-refractivity contribution is 0.0814. The average Bonchev–Trinajstić information content (AvgIpc) is 2.45. The van der Waals surface area contributed by atoms with E-state index in [1.807, 2.05) is 26.2 Å². The third-order valence-electron chi connectivity index (χ3n) is 5.41. The molecule has 3 heteroatoms. The molecule has 22 heavy (non-hydrogen) atoms. The second-order valence-electron chi connectivity index (χ2n) is 7.19. The molecule has 1 heterocycles. The van der Waals surface area contributed by atoms with Crippen LogP contribution in [0.2, 0.25) is 0 Å². The molecule has 120 valence electrons. The van der Waals surface area contributed by atoms with E-state index in [4.69, 9.17) is 0 Å². The summed E-state index contributed by atoms with van der Waals surface area (Å²) in [7, 11) is 3.65. The summed E-state index contributed by atoms with van der Waals surface area (Å²) in [5, 5.41) is 0. The molecule has 1 atom stereocenters. The van der Waals surface area contributed by atoms with Crippen LogP contribution in [0.1, 0.15) is 48.0 Å². The third kappa shape index (κ3) is 3.35. The molecule has 1 aliphatic carbocycles. The van der Waals surface area contributed by atoms with E-state index < -0.39 is 0 Å². The van der Waals surface area contributed by atoms with Crippen LogP contribution in [-0.2, 0) is 6.54 Å². The minimum atomic E-state index is 0.114. The fourth-order valence-corrected chi connectivity index (χ4v) is 3.88. The van der Waals surface area contributed by atoms with Crippen LogP contribution in [0, 0.1) is 11.8 Å². The summed E-state index contributed by atoms with van der Waals surface area (Å²) in [6, 6.07) is 8.09. The lowest BCUT2D eigenvalue weighted by Crippen LogP contribution is -2.40. The molecular formula is C19H28N2O. The van der Waals surface area contributed by atoms with Crippen LogP contribution in [0.25, 0.3) is 0 Å². The van der Waals surface area contributed by atoms with Gasteiger partial charge in [0.2, 0.25) is 0 Å².